The Kier molecular flexibility index (Phi) is 2.03. The van der Waals surface area contributed by atoms with E-state index in [0.29, 0.717) is 6.54 Å². The van der Waals surface area contributed by atoms with E-state index in [1.54, 1.807) is 0 Å². The summed E-state index contributed by atoms with van der Waals surface area (Å²) in [7, 11) is 0. The highest BCUT2D eigenvalue weighted by atomic mass is 14.5. The molecule has 1 nitrogen and oxygen atoms in total. The molecule has 1 N–H and O–H groups in total. The summed E-state index contributed by atoms with van der Waals surface area (Å²) in [4.78, 5) is 0. The van der Waals surface area contributed by atoms with E-state index < -0.39 is 0 Å². The van der Waals surface area contributed by atoms with Crippen LogP contribution in [0.4, 0.5) is 0 Å². The highest BCUT2D eigenvalue weighted by Crippen LogP contribution is 2.20. The first-order valence-corrected chi connectivity index (χ1v) is 4.44. The van der Waals surface area contributed by atoms with E-state index >= 15 is 0 Å². The monoisotopic (exact) mass is 170 g/mol. The molecule has 0 aliphatic rings. The fraction of sp³-hybridized carbons (Fsp3) is 0.167. The molecule has 0 saturated carbocycles. The zero-order valence-electron chi connectivity index (χ0n) is 7.67. The molecule has 65 valence electrons. The van der Waals surface area contributed by atoms with Crippen LogP contribution in [-0.4, -0.2) is 0 Å². The lowest BCUT2D eigenvalue weighted by atomic mass is 10.0. The van der Waals surface area contributed by atoms with Gasteiger partial charge >= 0.3 is 0 Å². The van der Waals surface area contributed by atoms with Crippen molar-refractivity contribution < 1.29 is 0 Å². The smallest absolute Gasteiger partial charge is 0.0351 e. The average molecular weight is 170 g/mol. The third kappa shape index (κ3) is 1.43. The summed E-state index contributed by atoms with van der Waals surface area (Å²) >= 11 is 0. The molecule has 0 unspecified atom stereocenters. The van der Waals surface area contributed by atoms with E-state index in [2.05, 4.69) is 37.3 Å². The van der Waals surface area contributed by atoms with Gasteiger partial charge in [0.2, 0.25) is 0 Å². The second-order valence-electron chi connectivity index (χ2n) is 3.31. The van der Waals surface area contributed by atoms with Crippen LogP contribution in [0.15, 0.2) is 36.4 Å². The molecule has 0 spiro atoms. The molecule has 0 heterocycles. The largest absolute Gasteiger partial charge is 0.253 e. The maximum Gasteiger partial charge on any atom is 0.0351 e. The first kappa shape index (κ1) is 8.27. The van der Waals surface area contributed by atoms with E-state index in [0.717, 1.165) is 5.56 Å². The van der Waals surface area contributed by atoms with E-state index in [1.165, 1.54) is 16.3 Å². The predicted octanol–water partition coefficient (Wildman–Crippen LogP) is 2.93. The fourth-order valence-electron chi connectivity index (χ4n) is 1.68. The topological polar surface area (TPSA) is 23.8 Å². The van der Waals surface area contributed by atoms with Gasteiger partial charge < -0.3 is 0 Å². The van der Waals surface area contributed by atoms with Crippen molar-refractivity contribution in [3.63, 3.8) is 0 Å². The SMILES string of the molecule is Cc1cc(C[NH])cc2ccccc12. The third-order valence-electron chi connectivity index (χ3n) is 2.33. The molecule has 1 heteroatoms. The van der Waals surface area contributed by atoms with E-state index in [1.807, 2.05) is 6.07 Å². The van der Waals surface area contributed by atoms with Crippen LogP contribution in [0.1, 0.15) is 11.1 Å². The highest BCUT2D eigenvalue weighted by molar-refractivity contribution is 5.86. The van der Waals surface area contributed by atoms with Gasteiger partial charge in [-0.3, -0.25) is 5.73 Å². The molecule has 0 atom stereocenters. The molecule has 2 aromatic carbocycles. The van der Waals surface area contributed by atoms with Crippen LogP contribution in [0.3, 0.4) is 0 Å². The predicted molar refractivity (Wildman–Crippen MR) is 55.5 cm³/mol. The number of hydrogen-bond acceptors (Lipinski definition) is 0. The minimum atomic E-state index is 0.367. The van der Waals surface area contributed by atoms with Crippen molar-refractivity contribution in [1.82, 2.24) is 5.73 Å². The van der Waals surface area contributed by atoms with Crippen LogP contribution < -0.4 is 5.73 Å². The molecule has 0 aliphatic heterocycles. The Morgan fingerprint density at radius 1 is 1.15 bits per heavy atom. The maximum absolute atomic E-state index is 7.32. The number of aryl methyl sites for hydroxylation is 1. The molecule has 0 bridgehead atoms. The van der Waals surface area contributed by atoms with Crippen LogP contribution in [0, 0.1) is 6.92 Å². The van der Waals surface area contributed by atoms with Crippen molar-refractivity contribution in [2.24, 2.45) is 0 Å². The highest BCUT2D eigenvalue weighted by Gasteiger charge is 1.98. The summed E-state index contributed by atoms with van der Waals surface area (Å²) in [6.07, 6.45) is 0. The van der Waals surface area contributed by atoms with E-state index in [-0.39, 0.29) is 0 Å². The Hall–Kier alpha value is -1.34. The van der Waals surface area contributed by atoms with E-state index in [9.17, 15) is 0 Å². The van der Waals surface area contributed by atoms with Crippen molar-refractivity contribution in [3.8, 4) is 0 Å². The normalized spacial score (nSPS) is 10.6. The van der Waals surface area contributed by atoms with Crippen molar-refractivity contribution in [2.45, 2.75) is 13.5 Å². The van der Waals surface area contributed by atoms with Gasteiger partial charge in [0, 0.05) is 6.54 Å². The lowest BCUT2D eigenvalue weighted by Crippen LogP contribution is -1.87. The fourth-order valence-corrected chi connectivity index (χ4v) is 1.68. The molecule has 0 aromatic heterocycles. The molecular formula is C12H12N. The lowest BCUT2D eigenvalue weighted by molar-refractivity contribution is 1.03. The summed E-state index contributed by atoms with van der Waals surface area (Å²) in [5.41, 5.74) is 9.67. The van der Waals surface area contributed by atoms with Gasteiger partial charge in [0.15, 0.2) is 0 Å². The van der Waals surface area contributed by atoms with Gasteiger partial charge in [-0.1, -0.05) is 30.3 Å². The molecule has 2 aromatic rings. The van der Waals surface area contributed by atoms with Crippen LogP contribution in [-0.2, 0) is 6.54 Å². The van der Waals surface area contributed by atoms with Crippen LogP contribution >= 0.6 is 0 Å². The molecule has 0 saturated heterocycles. The Morgan fingerprint density at radius 2 is 1.92 bits per heavy atom. The van der Waals surface area contributed by atoms with Gasteiger partial charge in [-0.25, -0.2) is 0 Å². The first-order valence-electron chi connectivity index (χ1n) is 4.44. The molecule has 0 amide bonds. The Labute approximate surface area is 78.2 Å². The number of benzene rings is 2. The van der Waals surface area contributed by atoms with Crippen molar-refractivity contribution in [3.05, 3.63) is 47.5 Å². The second kappa shape index (κ2) is 3.19. The van der Waals surface area contributed by atoms with Gasteiger partial charge in [0.25, 0.3) is 0 Å². The van der Waals surface area contributed by atoms with E-state index in [4.69, 9.17) is 5.73 Å². The van der Waals surface area contributed by atoms with Gasteiger partial charge in [-0.2, -0.15) is 0 Å². The third-order valence-corrected chi connectivity index (χ3v) is 2.33. The summed E-state index contributed by atoms with van der Waals surface area (Å²) in [5.74, 6) is 0. The van der Waals surface area contributed by atoms with Crippen LogP contribution in [0.25, 0.3) is 10.8 Å². The quantitative estimate of drug-likeness (QED) is 0.628. The van der Waals surface area contributed by atoms with Crippen LogP contribution in [0.2, 0.25) is 0 Å². The zero-order valence-corrected chi connectivity index (χ0v) is 7.67. The number of fused-ring (bicyclic) bond motifs is 1. The summed E-state index contributed by atoms with van der Waals surface area (Å²) in [6.45, 7) is 2.47. The molecule has 2 rings (SSSR count). The Bertz CT molecular complexity index is 432. The van der Waals surface area contributed by atoms with Crippen molar-refractivity contribution in [2.75, 3.05) is 0 Å². The Balaban J connectivity index is 2.77. The van der Waals surface area contributed by atoms with Crippen molar-refractivity contribution in [1.29, 1.82) is 0 Å². The summed E-state index contributed by atoms with van der Waals surface area (Å²) in [5, 5.41) is 2.53. The van der Waals surface area contributed by atoms with Gasteiger partial charge in [0.05, 0.1) is 0 Å². The molecule has 0 aliphatic carbocycles. The minimum Gasteiger partial charge on any atom is -0.253 e. The van der Waals surface area contributed by atoms with Gasteiger partial charge in [-0.15, -0.1) is 0 Å². The molecule has 0 fully saturated rings. The zero-order chi connectivity index (χ0) is 9.26. The number of nitrogens with one attached hydrogen (secondary N) is 1. The lowest BCUT2D eigenvalue weighted by Gasteiger charge is -2.04. The standard InChI is InChI=1S/C12H12N/c1-9-6-10(8-13)7-11-4-2-3-5-12(9)11/h2-7,13H,8H2,1H3. The summed E-state index contributed by atoms with van der Waals surface area (Å²) in [6, 6.07) is 12.5. The molecule has 13 heavy (non-hydrogen) atoms. The Morgan fingerprint density at radius 3 is 2.69 bits per heavy atom. The second-order valence-corrected chi connectivity index (χ2v) is 3.31. The molecular weight excluding hydrogens is 158 g/mol. The number of hydrogen-bond donors (Lipinski definition) is 0. The first-order chi connectivity index (χ1) is 6.31. The summed E-state index contributed by atoms with van der Waals surface area (Å²) < 4.78 is 0. The van der Waals surface area contributed by atoms with Gasteiger partial charge in [0.1, 0.15) is 0 Å². The minimum absolute atomic E-state index is 0.367. The average Bonchev–Trinajstić information content (AvgIpc) is 2.18. The number of rotatable bonds is 1. The maximum atomic E-state index is 7.32. The molecule has 1 radical (unpaired) electrons. The van der Waals surface area contributed by atoms with Crippen LogP contribution in [0.5, 0.6) is 0 Å². The van der Waals surface area contributed by atoms with Crippen molar-refractivity contribution >= 4 is 10.8 Å². The van der Waals surface area contributed by atoms with Gasteiger partial charge in [-0.05, 0) is 34.9 Å².